The average Bonchev–Trinajstić information content (AvgIpc) is 2.90. The molecule has 0 bridgehead atoms. The van der Waals surface area contributed by atoms with E-state index in [1.807, 2.05) is 0 Å². The molecule has 3 aromatic rings. The van der Waals surface area contributed by atoms with E-state index in [-0.39, 0.29) is 5.56 Å². The maximum absolute atomic E-state index is 11.0. The van der Waals surface area contributed by atoms with E-state index in [0.29, 0.717) is 17.3 Å². The first kappa shape index (κ1) is 12.7. The Morgan fingerprint density at radius 3 is 3.00 bits per heavy atom. The number of carboxylic acid groups (broad SMARTS) is 1. The Balaban J connectivity index is 2.04. The molecule has 0 fully saturated rings. The minimum atomic E-state index is -1.02. The molecule has 2 heterocycles. The summed E-state index contributed by atoms with van der Waals surface area (Å²) in [6, 6.07) is 4.60. The van der Waals surface area contributed by atoms with Crippen LogP contribution in [0.1, 0.15) is 10.4 Å². The molecule has 100 valence electrons. The minimum absolute atomic E-state index is 0.136. The third-order valence-electron chi connectivity index (χ3n) is 2.47. The van der Waals surface area contributed by atoms with E-state index < -0.39 is 5.97 Å². The first-order valence-electron chi connectivity index (χ1n) is 5.38. The molecule has 2 aromatic heterocycles. The molecular weight excluding hydrogens is 377 g/mol. The van der Waals surface area contributed by atoms with Crippen molar-refractivity contribution in [2.45, 2.75) is 0 Å². The number of tetrazole rings is 1. The second-order valence-corrected chi connectivity index (χ2v) is 4.91. The summed E-state index contributed by atoms with van der Waals surface area (Å²) in [5.41, 5.74) is 0.573. The normalized spacial score (nSPS) is 10.7. The summed E-state index contributed by atoms with van der Waals surface area (Å²) in [7, 11) is 0. The highest BCUT2D eigenvalue weighted by Crippen LogP contribution is 2.27. The van der Waals surface area contributed by atoms with Gasteiger partial charge in [-0.25, -0.2) is 4.79 Å². The molecule has 0 aliphatic rings. The molecule has 0 aliphatic heterocycles. The number of hydrogen-bond acceptors (Lipinski definition) is 6. The Kier molecular flexibility index (Phi) is 3.18. The SMILES string of the molecule is O=C(O)c1ccc(I)c(Oc2cncc3nnnn23)c1. The number of rotatable bonds is 3. The Hall–Kier alpha value is -2.30. The molecule has 20 heavy (non-hydrogen) atoms. The molecule has 0 unspecified atom stereocenters. The molecule has 0 spiro atoms. The monoisotopic (exact) mass is 383 g/mol. The van der Waals surface area contributed by atoms with Gasteiger partial charge in [-0.05, 0) is 51.2 Å². The van der Waals surface area contributed by atoms with E-state index in [9.17, 15) is 4.79 Å². The summed E-state index contributed by atoms with van der Waals surface area (Å²) in [5.74, 6) is -0.326. The van der Waals surface area contributed by atoms with E-state index in [1.54, 1.807) is 6.07 Å². The highest BCUT2D eigenvalue weighted by molar-refractivity contribution is 14.1. The van der Waals surface area contributed by atoms with Crippen molar-refractivity contribution in [1.29, 1.82) is 0 Å². The number of ether oxygens (including phenoxy) is 1. The van der Waals surface area contributed by atoms with Crippen LogP contribution < -0.4 is 4.74 Å². The van der Waals surface area contributed by atoms with Gasteiger partial charge in [-0.15, -0.1) is 5.10 Å². The van der Waals surface area contributed by atoms with Crippen LogP contribution >= 0.6 is 22.6 Å². The number of hydrogen-bond donors (Lipinski definition) is 1. The van der Waals surface area contributed by atoms with Crippen LogP contribution in [0.2, 0.25) is 0 Å². The molecule has 9 heteroatoms. The Morgan fingerprint density at radius 1 is 1.35 bits per heavy atom. The van der Waals surface area contributed by atoms with Gasteiger partial charge in [-0.1, -0.05) is 0 Å². The van der Waals surface area contributed by atoms with E-state index >= 15 is 0 Å². The van der Waals surface area contributed by atoms with Crippen molar-refractivity contribution in [3.05, 3.63) is 39.7 Å². The van der Waals surface area contributed by atoms with Crippen molar-refractivity contribution in [2.24, 2.45) is 0 Å². The Morgan fingerprint density at radius 2 is 2.20 bits per heavy atom. The molecule has 0 amide bonds. The topological polar surface area (TPSA) is 102 Å². The van der Waals surface area contributed by atoms with Gasteiger partial charge in [0.1, 0.15) is 5.75 Å². The van der Waals surface area contributed by atoms with Crippen molar-refractivity contribution in [3.8, 4) is 11.6 Å². The summed E-state index contributed by atoms with van der Waals surface area (Å²) >= 11 is 2.05. The van der Waals surface area contributed by atoms with E-state index in [4.69, 9.17) is 9.84 Å². The van der Waals surface area contributed by atoms with Crippen LogP contribution in [0.4, 0.5) is 0 Å². The van der Waals surface area contributed by atoms with Crippen LogP contribution in [0, 0.1) is 3.57 Å². The van der Waals surface area contributed by atoms with Gasteiger partial charge in [0.15, 0.2) is 0 Å². The molecule has 0 radical (unpaired) electrons. The number of carboxylic acids is 1. The first-order valence-corrected chi connectivity index (χ1v) is 6.46. The number of fused-ring (bicyclic) bond motifs is 1. The summed E-state index contributed by atoms with van der Waals surface area (Å²) in [6.45, 7) is 0. The van der Waals surface area contributed by atoms with Gasteiger partial charge in [0, 0.05) is 0 Å². The lowest BCUT2D eigenvalue weighted by atomic mass is 10.2. The van der Waals surface area contributed by atoms with Crippen LogP contribution in [0.25, 0.3) is 5.65 Å². The standard InChI is InChI=1S/C11H6IN5O3/c12-7-2-1-6(11(18)19)3-8(7)20-10-5-13-4-9-14-15-16-17(9)10/h1-5H,(H,18,19). The summed E-state index contributed by atoms with van der Waals surface area (Å²) < 4.78 is 7.79. The molecule has 0 saturated heterocycles. The predicted molar refractivity (Wildman–Crippen MR) is 74.8 cm³/mol. The number of halogens is 1. The lowest BCUT2D eigenvalue weighted by molar-refractivity contribution is 0.0696. The summed E-state index contributed by atoms with van der Waals surface area (Å²) in [6.07, 6.45) is 2.94. The largest absolute Gasteiger partial charge is 0.478 e. The molecule has 0 aliphatic carbocycles. The zero-order chi connectivity index (χ0) is 14.1. The van der Waals surface area contributed by atoms with Gasteiger partial charge >= 0.3 is 5.97 Å². The third kappa shape index (κ3) is 2.27. The number of nitrogens with zero attached hydrogens (tertiary/aromatic N) is 5. The second kappa shape index (κ2) is 5.00. The molecule has 1 aromatic carbocycles. The fourth-order valence-corrected chi connectivity index (χ4v) is 2.00. The van der Waals surface area contributed by atoms with Crippen LogP contribution in [0.15, 0.2) is 30.6 Å². The molecule has 0 saturated carbocycles. The number of carbonyl (C=O) groups is 1. The fraction of sp³-hybridized carbons (Fsp3) is 0. The number of benzene rings is 1. The average molecular weight is 383 g/mol. The molecular formula is C11H6IN5O3. The lowest BCUT2D eigenvalue weighted by Crippen LogP contribution is -2.00. The first-order chi connectivity index (χ1) is 9.65. The lowest BCUT2D eigenvalue weighted by Gasteiger charge is -2.08. The van der Waals surface area contributed by atoms with Crippen molar-refractivity contribution in [1.82, 2.24) is 25.0 Å². The maximum Gasteiger partial charge on any atom is 0.335 e. The highest BCUT2D eigenvalue weighted by atomic mass is 127. The number of aromatic carboxylic acids is 1. The minimum Gasteiger partial charge on any atom is -0.478 e. The van der Waals surface area contributed by atoms with Crippen molar-refractivity contribution in [3.63, 3.8) is 0 Å². The molecule has 8 nitrogen and oxygen atoms in total. The van der Waals surface area contributed by atoms with Crippen LogP contribution in [-0.4, -0.2) is 36.1 Å². The smallest absolute Gasteiger partial charge is 0.335 e. The zero-order valence-electron chi connectivity index (χ0n) is 9.76. The number of aromatic nitrogens is 5. The van der Waals surface area contributed by atoms with Gasteiger partial charge in [0.05, 0.1) is 21.5 Å². The molecule has 3 rings (SSSR count). The van der Waals surface area contributed by atoms with Gasteiger partial charge < -0.3 is 9.84 Å². The van der Waals surface area contributed by atoms with Gasteiger partial charge in [0.2, 0.25) is 11.5 Å². The third-order valence-corrected chi connectivity index (χ3v) is 3.36. The summed E-state index contributed by atoms with van der Waals surface area (Å²) in [4.78, 5) is 14.9. The van der Waals surface area contributed by atoms with Crippen molar-refractivity contribution < 1.29 is 14.6 Å². The van der Waals surface area contributed by atoms with Crippen molar-refractivity contribution >= 4 is 34.2 Å². The predicted octanol–water partition coefficient (Wildman–Crippen LogP) is 1.61. The van der Waals surface area contributed by atoms with Crippen LogP contribution in [0.5, 0.6) is 11.6 Å². The van der Waals surface area contributed by atoms with Crippen molar-refractivity contribution in [2.75, 3.05) is 0 Å². The maximum atomic E-state index is 11.0. The zero-order valence-corrected chi connectivity index (χ0v) is 11.9. The van der Waals surface area contributed by atoms with Crippen LogP contribution in [-0.2, 0) is 0 Å². The van der Waals surface area contributed by atoms with E-state index in [1.165, 1.54) is 29.0 Å². The van der Waals surface area contributed by atoms with Gasteiger partial charge in [-0.2, -0.15) is 4.52 Å². The fourth-order valence-electron chi connectivity index (χ4n) is 1.55. The Labute approximate surface area is 125 Å². The molecule has 1 N–H and O–H groups in total. The van der Waals surface area contributed by atoms with E-state index in [0.717, 1.165) is 3.57 Å². The van der Waals surface area contributed by atoms with E-state index in [2.05, 4.69) is 43.1 Å². The van der Waals surface area contributed by atoms with Crippen LogP contribution in [0.3, 0.4) is 0 Å². The highest BCUT2D eigenvalue weighted by Gasteiger charge is 2.11. The Bertz CT molecular complexity index is 804. The van der Waals surface area contributed by atoms with Gasteiger partial charge in [-0.3, -0.25) is 4.98 Å². The second-order valence-electron chi connectivity index (χ2n) is 3.75. The summed E-state index contributed by atoms with van der Waals surface area (Å²) in [5, 5.41) is 20.0. The quantitative estimate of drug-likeness (QED) is 0.686. The molecule has 0 atom stereocenters. The van der Waals surface area contributed by atoms with Gasteiger partial charge in [0.25, 0.3) is 0 Å².